The zero-order chi connectivity index (χ0) is 14.4. The Morgan fingerprint density at radius 1 is 1.45 bits per heavy atom. The van der Waals surface area contributed by atoms with Crippen molar-refractivity contribution in [2.45, 2.75) is 32.7 Å². The molecule has 1 saturated heterocycles. The average molecular weight is 275 g/mol. The summed E-state index contributed by atoms with van der Waals surface area (Å²) < 4.78 is 0. The van der Waals surface area contributed by atoms with E-state index >= 15 is 0 Å². The van der Waals surface area contributed by atoms with Crippen molar-refractivity contribution in [2.75, 3.05) is 31.5 Å². The number of likely N-dealkylation sites (N-methyl/N-ethyl adjacent to an activating group) is 1. The molecule has 4 heteroatoms. The van der Waals surface area contributed by atoms with Crippen LogP contribution in [0.4, 0.5) is 5.69 Å². The number of aryl methyl sites for hydroxylation is 1. The lowest BCUT2D eigenvalue weighted by Crippen LogP contribution is -2.47. The second-order valence-corrected chi connectivity index (χ2v) is 5.55. The van der Waals surface area contributed by atoms with E-state index in [-0.39, 0.29) is 5.91 Å². The van der Waals surface area contributed by atoms with Gasteiger partial charge in [-0.2, -0.15) is 0 Å². The van der Waals surface area contributed by atoms with Gasteiger partial charge >= 0.3 is 0 Å². The van der Waals surface area contributed by atoms with Crippen LogP contribution in [0.25, 0.3) is 0 Å². The number of carbonyl (C=O) groups is 1. The van der Waals surface area contributed by atoms with Crippen LogP contribution in [0.15, 0.2) is 24.3 Å². The normalized spacial score (nSPS) is 19.8. The molecule has 110 valence electrons. The molecule has 4 nitrogen and oxygen atoms in total. The summed E-state index contributed by atoms with van der Waals surface area (Å²) in [5.41, 5.74) is 2.04. The van der Waals surface area contributed by atoms with Crippen LogP contribution in [0.5, 0.6) is 0 Å². The second-order valence-electron chi connectivity index (χ2n) is 5.55. The van der Waals surface area contributed by atoms with E-state index < -0.39 is 0 Å². The summed E-state index contributed by atoms with van der Waals surface area (Å²) in [6, 6.07) is 8.45. The van der Waals surface area contributed by atoms with Gasteiger partial charge in [0, 0.05) is 18.3 Å². The number of nitrogens with one attached hydrogen (secondary N) is 2. The molecule has 1 amide bonds. The van der Waals surface area contributed by atoms with Gasteiger partial charge in [0.25, 0.3) is 0 Å². The van der Waals surface area contributed by atoms with E-state index in [0.717, 1.165) is 37.3 Å². The van der Waals surface area contributed by atoms with Crippen LogP contribution in [0, 0.1) is 6.92 Å². The van der Waals surface area contributed by atoms with Gasteiger partial charge in [-0.15, -0.1) is 0 Å². The summed E-state index contributed by atoms with van der Waals surface area (Å²) in [4.78, 5) is 14.3. The van der Waals surface area contributed by atoms with Gasteiger partial charge in [0.1, 0.15) is 0 Å². The highest BCUT2D eigenvalue weighted by atomic mass is 16.2. The Morgan fingerprint density at radius 3 is 3.05 bits per heavy atom. The highest BCUT2D eigenvalue weighted by Gasteiger charge is 2.20. The summed E-state index contributed by atoms with van der Waals surface area (Å²) in [5.74, 6) is 0.0766. The number of hydrogen-bond donors (Lipinski definition) is 2. The first-order chi connectivity index (χ1) is 9.67. The van der Waals surface area contributed by atoms with E-state index in [2.05, 4.69) is 22.5 Å². The van der Waals surface area contributed by atoms with Gasteiger partial charge in [0.15, 0.2) is 0 Å². The van der Waals surface area contributed by atoms with E-state index in [4.69, 9.17) is 0 Å². The predicted octanol–water partition coefficient (Wildman–Crippen LogP) is 2.01. The molecule has 1 unspecified atom stereocenters. The molecule has 1 atom stereocenters. The van der Waals surface area contributed by atoms with Gasteiger partial charge in [-0.25, -0.2) is 0 Å². The van der Waals surface area contributed by atoms with Gasteiger partial charge in [-0.05, 0) is 50.6 Å². The van der Waals surface area contributed by atoms with Gasteiger partial charge in [-0.1, -0.05) is 19.1 Å². The Labute approximate surface area is 121 Å². The highest BCUT2D eigenvalue weighted by Crippen LogP contribution is 2.12. The minimum absolute atomic E-state index is 0.0766. The van der Waals surface area contributed by atoms with E-state index in [1.807, 2.05) is 31.2 Å². The largest absolute Gasteiger partial charge is 0.325 e. The standard InChI is InChI=1S/C16H25N3O/c1-3-17-15-8-5-9-19(11-15)12-16(20)18-14-7-4-6-13(2)10-14/h4,6-7,10,15,17H,3,5,8-9,11-12H2,1-2H3,(H,18,20). The van der Waals surface area contributed by atoms with Gasteiger partial charge in [0.2, 0.25) is 5.91 Å². The number of rotatable bonds is 5. The Kier molecular flexibility index (Phi) is 5.56. The molecule has 2 rings (SSSR count). The van der Waals surface area contributed by atoms with Crippen molar-refractivity contribution >= 4 is 11.6 Å². The molecule has 1 heterocycles. The van der Waals surface area contributed by atoms with Crippen LogP contribution in [0.3, 0.4) is 0 Å². The first-order valence-electron chi connectivity index (χ1n) is 7.49. The van der Waals surface area contributed by atoms with Crippen LogP contribution >= 0.6 is 0 Å². The summed E-state index contributed by atoms with van der Waals surface area (Å²) in [6.07, 6.45) is 2.37. The molecule has 0 aliphatic carbocycles. The molecule has 0 saturated carbocycles. The summed E-state index contributed by atoms with van der Waals surface area (Å²) in [6.45, 7) is 7.62. The van der Waals surface area contributed by atoms with Crippen LogP contribution in [0.2, 0.25) is 0 Å². The molecule has 1 fully saturated rings. The number of benzene rings is 1. The Hall–Kier alpha value is -1.39. The first-order valence-corrected chi connectivity index (χ1v) is 7.49. The lowest BCUT2D eigenvalue weighted by atomic mass is 10.1. The van der Waals surface area contributed by atoms with Crippen molar-refractivity contribution in [1.82, 2.24) is 10.2 Å². The lowest BCUT2D eigenvalue weighted by Gasteiger charge is -2.32. The highest BCUT2D eigenvalue weighted by molar-refractivity contribution is 5.92. The van der Waals surface area contributed by atoms with Gasteiger partial charge in [0.05, 0.1) is 6.54 Å². The molecule has 0 spiro atoms. The third kappa shape index (κ3) is 4.62. The number of piperidine rings is 1. The van der Waals surface area contributed by atoms with E-state index in [9.17, 15) is 4.79 Å². The minimum Gasteiger partial charge on any atom is -0.325 e. The van der Waals surface area contributed by atoms with Crippen LogP contribution in [0.1, 0.15) is 25.3 Å². The number of likely N-dealkylation sites (tertiary alicyclic amines) is 1. The van der Waals surface area contributed by atoms with E-state index in [1.54, 1.807) is 0 Å². The number of anilines is 1. The maximum Gasteiger partial charge on any atom is 0.238 e. The van der Waals surface area contributed by atoms with Crippen LogP contribution in [-0.2, 0) is 4.79 Å². The molecular formula is C16H25N3O. The fourth-order valence-corrected chi connectivity index (χ4v) is 2.78. The Balaban J connectivity index is 1.82. The molecule has 20 heavy (non-hydrogen) atoms. The predicted molar refractivity (Wildman–Crippen MR) is 82.9 cm³/mol. The maximum atomic E-state index is 12.1. The molecule has 0 aromatic heterocycles. The van der Waals surface area contributed by atoms with Crippen molar-refractivity contribution in [1.29, 1.82) is 0 Å². The van der Waals surface area contributed by atoms with Crippen molar-refractivity contribution in [3.8, 4) is 0 Å². The molecule has 1 aliphatic heterocycles. The quantitative estimate of drug-likeness (QED) is 0.864. The summed E-state index contributed by atoms with van der Waals surface area (Å²) in [7, 11) is 0. The molecule has 1 aromatic carbocycles. The van der Waals surface area contributed by atoms with E-state index in [1.165, 1.54) is 6.42 Å². The minimum atomic E-state index is 0.0766. The van der Waals surface area contributed by atoms with Crippen molar-refractivity contribution in [3.63, 3.8) is 0 Å². The topological polar surface area (TPSA) is 44.4 Å². The fraction of sp³-hybridized carbons (Fsp3) is 0.562. The zero-order valence-corrected chi connectivity index (χ0v) is 12.5. The molecule has 2 N–H and O–H groups in total. The van der Waals surface area contributed by atoms with Gasteiger partial charge in [-0.3, -0.25) is 9.69 Å². The summed E-state index contributed by atoms with van der Waals surface area (Å²) in [5, 5.41) is 6.45. The zero-order valence-electron chi connectivity index (χ0n) is 12.5. The molecule has 0 bridgehead atoms. The number of hydrogen-bond acceptors (Lipinski definition) is 3. The fourth-order valence-electron chi connectivity index (χ4n) is 2.78. The Morgan fingerprint density at radius 2 is 2.30 bits per heavy atom. The third-order valence-electron chi connectivity index (χ3n) is 3.67. The van der Waals surface area contributed by atoms with Crippen molar-refractivity contribution < 1.29 is 4.79 Å². The first kappa shape index (κ1) is 15.0. The lowest BCUT2D eigenvalue weighted by molar-refractivity contribution is -0.117. The van der Waals surface area contributed by atoms with Crippen LogP contribution in [-0.4, -0.2) is 43.0 Å². The monoisotopic (exact) mass is 275 g/mol. The average Bonchev–Trinajstić information content (AvgIpc) is 2.39. The number of nitrogens with zero attached hydrogens (tertiary/aromatic N) is 1. The smallest absolute Gasteiger partial charge is 0.238 e. The molecule has 1 aromatic rings. The molecule has 1 aliphatic rings. The van der Waals surface area contributed by atoms with Crippen LogP contribution < -0.4 is 10.6 Å². The van der Waals surface area contributed by atoms with Gasteiger partial charge < -0.3 is 10.6 Å². The summed E-state index contributed by atoms with van der Waals surface area (Å²) >= 11 is 0. The second kappa shape index (κ2) is 7.41. The van der Waals surface area contributed by atoms with Crippen molar-refractivity contribution in [2.24, 2.45) is 0 Å². The number of amides is 1. The Bertz CT molecular complexity index is 445. The maximum absolute atomic E-state index is 12.1. The SMILES string of the molecule is CCNC1CCCN(CC(=O)Nc2cccc(C)c2)C1. The molecule has 0 radical (unpaired) electrons. The number of carbonyl (C=O) groups excluding carboxylic acids is 1. The molecular weight excluding hydrogens is 250 g/mol. The van der Waals surface area contributed by atoms with E-state index in [0.29, 0.717) is 12.6 Å². The third-order valence-corrected chi connectivity index (χ3v) is 3.67. The van der Waals surface area contributed by atoms with Crippen molar-refractivity contribution in [3.05, 3.63) is 29.8 Å².